The minimum atomic E-state index is -1.11. The first kappa shape index (κ1) is 13.7. The summed E-state index contributed by atoms with van der Waals surface area (Å²) in [5, 5.41) is 16.6. The number of hydrogen-bond acceptors (Lipinski definition) is 3. The predicted molar refractivity (Wildman–Crippen MR) is 70.0 cm³/mol. The summed E-state index contributed by atoms with van der Waals surface area (Å²) in [5.74, 6) is -1.50. The maximum atomic E-state index is 13.2. The SMILES string of the molecule is CCCc1c(C(=O)O)nnn1-c1ccc(F)c(Br)c1. The zero-order valence-electron chi connectivity index (χ0n) is 10.1. The number of carbonyl (C=O) groups is 1. The minimum Gasteiger partial charge on any atom is -0.476 e. The fourth-order valence-electron chi connectivity index (χ4n) is 1.75. The van der Waals surface area contributed by atoms with E-state index in [1.807, 2.05) is 6.92 Å². The highest BCUT2D eigenvalue weighted by molar-refractivity contribution is 9.10. The van der Waals surface area contributed by atoms with Gasteiger partial charge in [-0.2, -0.15) is 0 Å². The van der Waals surface area contributed by atoms with Crippen molar-refractivity contribution in [2.75, 3.05) is 0 Å². The Labute approximate surface area is 117 Å². The molecular formula is C12H11BrFN3O2. The molecule has 0 aliphatic carbocycles. The largest absolute Gasteiger partial charge is 0.476 e. The topological polar surface area (TPSA) is 68.0 Å². The zero-order valence-corrected chi connectivity index (χ0v) is 11.7. The van der Waals surface area contributed by atoms with Gasteiger partial charge in [0, 0.05) is 0 Å². The third-order valence-electron chi connectivity index (χ3n) is 2.60. The molecule has 1 N–H and O–H groups in total. The number of carboxylic acids is 1. The van der Waals surface area contributed by atoms with Crippen molar-refractivity contribution in [3.05, 3.63) is 39.9 Å². The second-order valence-electron chi connectivity index (χ2n) is 3.95. The van der Waals surface area contributed by atoms with Crippen LogP contribution in [0.3, 0.4) is 0 Å². The molecule has 5 nitrogen and oxygen atoms in total. The Balaban J connectivity index is 2.55. The maximum Gasteiger partial charge on any atom is 0.358 e. The summed E-state index contributed by atoms with van der Waals surface area (Å²) < 4.78 is 14.9. The molecule has 0 fully saturated rings. The van der Waals surface area contributed by atoms with Crippen molar-refractivity contribution in [1.82, 2.24) is 15.0 Å². The first-order valence-corrected chi connectivity index (χ1v) is 6.47. The van der Waals surface area contributed by atoms with Gasteiger partial charge in [0.15, 0.2) is 5.69 Å². The van der Waals surface area contributed by atoms with Crippen LogP contribution < -0.4 is 0 Å². The number of benzene rings is 1. The number of halogens is 2. The quantitative estimate of drug-likeness (QED) is 0.937. The number of aromatic carboxylic acids is 1. The van der Waals surface area contributed by atoms with E-state index in [0.717, 1.165) is 6.42 Å². The van der Waals surface area contributed by atoms with Gasteiger partial charge in [-0.1, -0.05) is 18.6 Å². The van der Waals surface area contributed by atoms with E-state index in [1.165, 1.54) is 22.9 Å². The minimum absolute atomic E-state index is 0.0673. The van der Waals surface area contributed by atoms with E-state index in [9.17, 15) is 9.18 Å². The fourth-order valence-corrected chi connectivity index (χ4v) is 2.12. The second-order valence-corrected chi connectivity index (χ2v) is 4.80. The molecule has 1 aromatic carbocycles. The molecule has 1 heterocycles. The lowest BCUT2D eigenvalue weighted by Crippen LogP contribution is -2.07. The lowest BCUT2D eigenvalue weighted by Gasteiger charge is -2.06. The fraction of sp³-hybridized carbons (Fsp3) is 0.250. The van der Waals surface area contributed by atoms with Crippen molar-refractivity contribution >= 4 is 21.9 Å². The van der Waals surface area contributed by atoms with Gasteiger partial charge in [-0.15, -0.1) is 5.10 Å². The van der Waals surface area contributed by atoms with Crippen LogP contribution in [0, 0.1) is 5.82 Å². The summed E-state index contributed by atoms with van der Waals surface area (Å²) in [6.07, 6.45) is 1.29. The van der Waals surface area contributed by atoms with Crippen molar-refractivity contribution in [3.8, 4) is 5.69 Å². The second kappa shape index (κ2) is 5.48. The number of rotatable bonds is 4. The number of nitrogens with zero attached hydrogens (tertiary/aromatic N) is 3. The summed E-state index contributed by atoms with van der Waals surface area (Å²) in [7, 11) is 0. The lowest BCUT2D eigenvalue weighted by molar-refractivity contribution is 0.0689. The summed E-state index contributed by atoms with van der Waals surface area (Å²) in [6, 6.07) is 4.35. The summed E-state index contributed by atoms with van der Waals surface area (Å²) in [6.45, 7) is 1.93. The molecule has 19 heavy (non-hydrogen) atoms. The van der Waals surface area contributed by atoms with Gasteiger partial charge in [0.25, 0.3) is 0 Å². The Morgan fingerprint density at radius 1 is 1.53 bits per heavy atom. The van der Waals surface area contributed by atoms with E-state index in [-0.39, 0.29) is 11.5 Å². The van der Waals surface area contributed by atoms with E-state index in [0.29, 0.717) is 22.3 Å². The van der Waals surface area contributed by atoms with Crippen LogP contribution in [-0.4, -0.2) is 26.1 Å². The van der Waals surface area contributed by atoms with E-state index >= 15 is 0 Å². The molecule has 2 rings (SSSR count). The molecule has 0 bridgehead atoms. The molecule has 0 amide bonds. The maximum absolute atomic E-state index is 13.2. The molecule has 0 spiro atoms. The van der Waals surface area contributed by atoms with Gasteiger partial charge in [0.1, 0.15) is 5.82 Å². The smallest absolute Gasteiger partial charge is 0.358 e. The number of aromatic nitrogens is 3. The third-order valence-corrected chi connectivity index (χ3v) is 3.21. The van der Waals surface area contributed by atoms with Crippen molar-refractivity contribution in [3.63, 3.8) is 0 Å². The Morgan fingerprint density at radius 3 is 2.84 bits per heavy atom. The molecule has 0 unspecified atom stereocenters. The Hall–Kier alpha value is -1.76. The summed E-state index contributed by atoms with van der Waals surface area (Å²) in [5.41, 5.74) is 1.01. The molecule has 0 aliphatic rings. The van der Waals surface area contributed by atoms with Crippen LogP contribution >= 0.6 is 15.9 Å². The van der Waals surface area contributed by atoms with Gasteiger partial charge in [-0.3, -0.25) is 0 Å². The summed E-state index contributed by atoms with van der Waals surface area (Å²) >= 11 is 3.09. The van der Waals surface area contributed by atoms with Gasteiger partial charge in [-0.25, -0.2) is 13.9 Å². The van der Waals surface area contributed by atoms with Crippen LogP contribution in [0.15, 0.2) is 22.7 Å². The van der Waals surface area contributed by atoms with Crippen molar-refractivity contribution in [2.45, 2.75) is 19.8 Å². The van der Waals surface area contributed by atoms with Gasteiger partial charge < -0.3 is 5.11 Å². The van der Waals surface area contributed by atoms with Gasteiger partial charge in [-0.05, 0) is 40.5 Å². The van der Waals surface area contributed by atoms with Crippen LogP contribution in [0.1, 0.15) is 29.5 Å². The molecule has 0 saturated carbocycles. The Morgan fingerprint density at radius 2 is 2.26 bits per heavy atom. The highest BCUT2D eigenvalue weighted by atomic mass is 79.9. The van der Waals surface area contributed by atoms with Crippen LogP contribution in [0.2, 0.25) is 0 Å². The standard InChI is InChI=1S/C12H11BrFN3O2/c1-2-3-10-11(12(18)19)15-16-17(10)7-4-5-9(14)8(13)6-7/h4-6H,2-3H2,1H3,(H,18,19). The van der Waals surface area contributed by atoms with Crippen LogP contribution in [-0.2, 0) is 6.42 Å². The molecule has 0 aliphatic heterocycles. The molecule has 100 valence electrons. The van der Waals surface area contributed by atoms with Gasteiger partial charge >= 0.3 is 5.97 Å². The monoisotopic (exact) mass is 327 g/mol. The molecule has 0 atom stereocenters. The lowest BCUT2D eigenvalue weighted by atomic mass is 10.2. The molecule has 1 aromatic heterocycles. The average molecular weight is 328 g/mol. The van der Waals surface area contributed by atoms with Crippen molar-refractivity contribution < 1.29 is 14.3 Å². The van der Waals surface area contributed by atoms with Crippen molar-refractivity contribution in [2.24, 2.45) is 0 Å². The number of hydrogen-bond donors (Lipinski definition) is 1. The van der Waals surface area contributed by atoms with E-state index < -0.39 is 5.97 Å². The highest BCUT2D eigenvalue weighted by Crippen LogP contribution is 2.21. The van der Waals surface area contributed by atoms with E-state index in [1.54, 1.807) is 0 Å². The predicted octanol–water partition coefficient (Wildman–Crippen LogP) is 2.82. The van der Waals surface area contributed by atoms with Crippen LogP contribution in [0.4, 0.5) is 4.39 Å². The molecular weight excluding hydrogens is 317 g/mol. The molecule has 7 heteroatoms. The third kappa shape index (κ3) is 2.65. The van der Waals surface area contributed by atoms with Gasteiger partial charge in [0.2, 0.25) is 0 Å². The first-order chi connectivity index (χ1) is 9.04. The average Bonchev–Trinajstić information content (AvgIpc) is 2.77. The van der Waals surface area contributed by atoms with E-state index in [2.05, 4.69) is 26.2 Å². The Kier molecular flexibility index (Phi) is 3.94. The zero-order chi connectivity index (χ0) is 14.0. The van der Waals surface area contributed by atoms with Crippen LogP contribution in [0.5, 0.6) is 0 Å². The van der Waals surface area contributed by atoms with Crippen molar-refractivity contribution in [1.29, 1.82) is 0 Å². The van der Waals surface area contributed by atoms with Gasteiger partial charge in [0.05, 0.1) is 15.9 Å². The Bertz CT molecular complexity index is 627. The van der Waals surface area contributed by atoms with E-state index in [4.69, 9.17) is 5.11 Å². The first-order valence-electron chi connectivity index (χ1n) is 5.68. The van der Waals surface area contributed by atoms with Crippen LogP contribution in [0.25, 0.3) is 5.69 Å². The molecule has 0 radical (unpaired) electrons. The number of carboxylic acid groups (broad SMARTS) is 1. The summed E-state index contributed by atoms with van der Waals surface area (Å²) in [4.78, 5) is 11.1. The molecule has 0 saturated heterocycles. The molecule has 2 aromatic rings. The normalized spacial score (nSPS) is 10.7. The highest BCUT2D eigenvalue weighted by Gasteiger charge is 2.19.